The van der Waals surface area contributed by atoms with E-state index in [1.807, 2.05) is 24.3 Å². The summed E-state index contributed by atoms with van der Waals surface area (Å²) < 4.78 is 0. The first kappa shape index (κ1) is 14.0. The summed E-state index contributed by atoms with van der Waals surface area (Å²) in [6.45, 7) is 2.85. The minimum Gasteiger partial charge on any atom is -0.508 e. The lowest BCUT2D eigenvalue weighted by Crippen LogP contribution is -2.17. The number of aromatic nitrogens is 3. The van der Waals surface area contributed by atoms with Crippen molar-refractivity contribution < 1.29 is 5.11 Å². The van der Waals surface area contributed by atoms with E-state index in [4.69, 9.17) is 0 Å². The molecular weight excluding hydrogens is 276 g/mol. The van der Waals surface area contributed by atoms with E-state index in [1.165, 1.54) is 0 Å². The van der Waals surface area contributed by atoms with Crippen LogP contribution in [0.4, 0.5) is 11.5 Å². The summed E-state index contributed by atoms with van der Waals surface area (Å²) >= 11 is 0. The quantitative estimate of drug-likeness (QED) is 0.798. The van der Waals surface area contributed by atoms with Gasteiger partial charge < -0.3 is 10.0 Å². The van der Waals surface area contributed by atoms with E-state index in [2.05, 4.69) is 26.8 Å². The second-order valence-electron chi connectivity index (χ2n) is 4.76. The topological polar surface area (TPSA) is 62.1 Å². The predicted molar refractivity (Wildman–Crippen MR) is 86.0 cm³/mol. The Bertz CT molecular complexity index is 727. The first-order chi connectivity index (χ1) is 10.8. The van der Waals surface area contributed by atoms with Gasteiger partial charge in [0.05, 0.1) is 18.1 Å². The molecule has 110 valence electrons. The third-order valence-corrected chi connectivity index (χ3v) is 3.37. The third kappa shape index (κ3) is 2.88. The van der Waals surface area contributed by atoms with E-state index in [0.717, 1.165) is 29.3 Å². The second kappa shape index (κ2) is 6.22. The number of phenols is 1. The predicted octanol–water partition coefficient (Wildman–Crippen LogP) is 3.40. The fourth-order valence-electron chi connectivity index (χ4n) is 2.24. The van der Waals surface area contributed by atoms with E-state index >= 15 is 0 Å². The van der Waals surface area contributed by atoms with Gasteiger partial charge in [0.1, 0.15) is 5.75 Å². The Balaban J connectivity index is 1.88. The lowest BCUT2D eigenvalue weighted by Gasteiger charge is -2.21. The highest BCUT2D eigenvalue weighted by Crippen LogP contribution is 2.24. The van der Waals surface area contributed by atoms with E-state index in [9.17, 15) is 5.11 Å². The van der Waals surface area contributed by atoms with Crippen LogP contribution in [0.3, 0.4) is 0 Å². The molecule has 0 fully saturated rings. The summed E-state index contributed by atoms with van der Waals surface area (Å²) in [5.74, 6) is 1.03. The average molecular weight is 292 g/mol. The summed E-state index contributed by atoms with van der Waals surface area (Å²) in [7, 11) is 0. The Kier molecular flexibility index (Phi) is 3.96. The Labute approximate surface area is 128 Å². The van der Waals surface area contributed by atoms with Crippen LogP contribution in [-0.2, 0) is 0 Å². The Morgan fingerprint density at radius 2 is 1.68 bits per heavy atom. The molecule has 0 spiro atoms. The van der Waals surface area contributed by atoms with Gasteiger partial charge in [-0.05, 0) is 43.3 Å². The highest BCUT2D eigenvalue weighted by molar-refractivity contribution is 5.62. The maximum Gasteiger partial charge on any atom is 0.151 e. The van der Waals surface area contributed by atoms with E-state index < -0.39 is 0 Å². The molecule has 0 bridgehead atoms. The molecule has 1 aromatic carbocycles. The van der Waals surface area contributed by atoms with Gasteiger partial charge in [-0.1, -0.05) is 0 Å². The molecule has 0 radical (unpaired) electrons. The highest BCUT2D eigenvalue weighted by atomic mass is 16.3. The summed E-state index contributed by atoms with van der Waals surface area (Å²) in [4.78, 5) is 15.1. The lowest BCUT2D eigenvalue weighted by molar-refractivity contribution is 0.475. The summed E-state index contributed by atoms with van der Waals surface area (Å²) in [6.07, 6.45) is 7.02. The van der Waals surface area contributed by atoms with Crippen molar-refractivity contribution in [3.63, 3.8) is 0 Å². The van der Waals surface area contributed by atoms with Crippen LogP contribution in [-0.4, -0.2) is 26.6 Å². The van der Waals surface area contributed by atoms with Gasteiger partial charge >= 0.3 is 0 Å². The molecule has 3 rings (SSSR count). The number of anilines is 2. The van der Waals surface area contributed by atoms with Gasteiger partial charge in [-0.15, -0.1) is 0 Å². The van der Waals surface area contributed by atoms with E-state index in [0.29, 0.717) is 0 Å². The standard InChI is InChI=1S/C17H16N4O/c1-2-21(14-7-9-18-10-8-14)17-12-19-16(11-20-17)13-3-5-15(22)6-4-13/h3-12,22H,2H2,1H3. The van der Waals surface area contributed by atoms with Crippen molar-refractivity contribution in [2.24, 2.45) is 0 Å². The first-order valence-corrected chi connectivity index (χ1v) is 7.07. The normalized spacial score (nSPS) is 10.4. The van der Waals surface area contributed by atoms with Gasteiger partial charge in [0, 0.05) is 30.2 Å². The van der Waals surface area contributed by atoms with Crippen LogP contribution in [0.15, 0.2) is 61.2 Å². The maximum absolute atomic E-state index is 9.33. The number of phenolic OH excluding ortho intramolecular Hbond substituents is 1. The largest absolute Gasteiger partial charge is 0.508 e. The van der Waals surface area contributed by atoms with Gasteiger partial charge in [-0.25, -0.2) is 4.98 Å². The van der Waals surface area contributed by atoms with Gasteiger partial charge in [-0.3, -0.25) is 9.97 Å². The molecule has 2 heterocycles. The zero-order valence-electron chi connectivity index (χ0n) is 12.2. The van der Waals surface area contributed by atoms with Crippen LogP contribution >= 0.6 is 0 Å². The Hall–Kier alpha value is -2.95. The molecule has 0 unspecified atom stereocenters. The van der Waals surface area contributed by atoms with Crippen molar-refractivity contribution in [3.8, 4) is 17.0 Å². The highest BCUT2D eigenvalue weighted by Gasteiger charge is 2.09. The van der Waals surface area contributed by atoms with Gasteiger partial charge in [0.2, 0.25) is 0 Å². The molecule has 2 aromatic heterocycles. The van der Waals surface area contributed by atoms with Crippen LogP contribution < -0.4 is 4.90 Å². The summed E-state index contributed by atoms with van der Waals surface area (Å²) in [5.41, 5.74) is 2.72. The lowest BCUT2D eigenvalue weighted by atomic mass is 10.1. The molecule has 1 N–H and O–H groups in total. The molecule has 0 saturated heterocycles. The number of hydrogen-bond acceptors (Lipinski definition) is 5. The van der Waals surface area contributed by atoms with Crippen molar-refractivity contribution in [2.45, 2.75) is 6.92 Å². The van der Waals surface area contributed by atoms with Gasteiger partial charge in [-0.2, -0.15) is 0 Å². The fraction of sp³-hybridized carbons (Fsp3) is 0.118. The average Bonchev–Trinajstić information content (AvgIpc) is 2.58. The maximum atomic E-state index is 9.33. The molecule has 22 heavy (non-hydrogen) atoms. The van der Waals surface area contributed by atoms with Crippen LogP contribution in [0.1, 0.15) is 6.92 Å². The van der Waals surface area contributed by atoms with Crippen LogP contribution in [0.25, 0.3) is 11.3 Å². The van der Waals surface area contributed by atoms with Crippen molar-refractivity contribution in [1.29, 1.82) is 0 Å². The molecule has 5 heteroatoms. The summed E-state index contributed by atoms with van der Waals surface area (Å²) in [5, 5.41) is 9.33. The van der Waals surface area contributed by atoms with Crippen molar-refractivity contribution in [2.75, 3.05) is 11.4 Å². The number of benzene rings is 1. The van der Waals surface area contributed by atoms with Crippen molar-refractivity contribution >= 4 is 11.5 Å². The molecule has 5 nitrogen and oxygen atoms in total. The molecule has 3 aromatic rings. The minimum atomic E-state index is 0.239. The van der Waals surface area contributed by atoms with Crippen LogP contribution in [0.5, 0.6) is 5.75 Å². The summed E-state index contributed by atoms with van der Waals surface area (Å²) in [6, 6.07) is 10.8. The number of pyridine rings is 1. The first-order valence-electron chi connectivity index (χ1n) is 7.07. The van der Waals surface area contributed by atoms with Crippen molar-refractivity contribution in [3.05, 3.63) is 61.2 Å². The zero-order chi connectivity index (χ0) is 15.4. The van der Waals surface area contributed by atoms with Crippen LogP contribution in [0, 0.1) is 0 Å². The molecule has 0 aliphatic carbocycles. The number of hydrogen-bond donors (Lipinski definition) is 1. The molecule has 0 amide bonds. The monoisotopic (exact) mass is 292 g/mol. The molecule has 0 aliphatic rings. The molecule has 0 atom stereocenters. The third-order valence-electron chi connectivity index (χ3n) is 3.37. The number of nitrogens with zero attached hydrogens (tertiary/aromatic N) is 4. The van der Waals surface area contributed by atoms with E-state index in [1.54, 1.807) is 36.9 Å². The Morgan fingerprint density at radius 3 is 2.27 bits per heavy atom. The molecule has 0 aliphatic heterocycles. The Morgan fingerprint density at radius 1 is 0.955 bits per heavy atom. The van der Waals surface area contributed by atoms with Gasteiger partial charge in [0.25, 0.3) is 0 Å². The number of aromatic hydroxyl groups is 1. The van der Waals surface area contributed by atoms with Gasteiger partial charge in [0.15, 0.2) is 5.82 Å². The molecule has 0 saturated carbocycles. The SMILES string of the molecule is CCN(c1ccncc1)c1cnc(-c2ccc(O)cc2)cn1. The minimum absolute atomic E-state index is 0.239. The van der Waals surface area contributed by atoms with E-state index in [-0.39, 0.29) is 5.75 Å². The molecular formula is C17H16N4O. The van der Waals surface area contributed by atoms with Crippen LogP contribution in [0.2, 0.25) is 0 Å². The number of rotatable bonds is 4. The zero-order valence-corrected chi connectivity index (χ0v) is 12.2. The van der Waals surface area contributed by atoms with Crippen molar-refractivity contribution in [1.82, 2.24) is 15.0 Å². The second-order valence-corrected chi connectivity index (χ2v) is 4.76. The smallest absolute Gasteiger partial charge is 0.151 e. The fourth-order valence-corrected chi connectivity index (χ4v) is 2.24.